The van der Waals surface area contributed by atoms with Crippen molar-refractivity contribution in [2.45, 2.75) is 32.9 Å². The number of carbonyl (C=O) groups is 2. The number of nitrogens with zero attached hydrogens (tertiary/aromatic N) is 2. The minimum atomic E-state index is -0.502. The second kappa shape index (κ2) is 5.91. The smallest absolute Gasteiger partial charge is 0.328 e. The lowest BCUT2D eigenvalue weighted by Crippen LogP contribution is -2.26. The molecule has 0 fully saturated rings. The Morgan fingerprint density at radius 3 is 2.48 bits per heavy atom. The van der Waals surface area contributed by atoms with Crippen LogP contribution in [0.3, 0.4) is 0 Å². The summed E-state index contributed by atoms with van der Waals surface area (Å²) in [4.78, 5) is 22.4. The Kier molecular flexibility index (Phi) is 4.21. The van der Waals surface area contributed by atoms with Crippen molar-refractivity contribution in [2.75, 3.05) is 0 Å². The van der Waals surface area contributed by atoms with E-state index in [1.807, 2.05) is 32.9 Å². The summed E-state index contributed by atoms with van der Waals surface area (Å²) in [5.41, 5.74) is 1.95. The first-order chi connectivity index (χ1) is 9.87. The van der Waals surface area contributed by atoms with Crippen LogP contribution in [0.2, 0.25) is 0 Å². The summed E-state index contributed by atoms with van der Waals surface area (Å²) in [6.07, 6.45) is 4.26. The Balaban J connectivity index is 2.07. The van der Waals surface area contributed by atoms with Crippen LogP contribution >= 0.6 is 0 Å². The van der Waals surface area contributed by atoms with Crippen LogP contribution in [0.15, 0.2) is 36.7 Å². The lowest BCUT2D eigenvalue weighted by atomic mass is 10.1. The van der Waals surface area contributed by atoms with Crippen molar-refractivity contribution in [3.05, 3.63) is 42.2 Å². The number of hydrogen-bond acceptors (Lipinski definition) is 4. The highest BCUT2D eigenvalue weighted by Gasteiger charge is 2.16. The van der Waals surface area contributed by atoms with Crippen LogP contribution in [0.1, 0.15) is 31.1 Å². The molecule has 0 aliphatic rings. The van der Waals surface area contributed by atoms with Gasteiger partial charge >= 0.3 is 5.97 Å². The van der Waals surface area contributed by atoms with Crippen molar-refractivity contribution in [3.63, 3.8) is 0 Å². The van der Waals surface area contributed by atoms with Gasteiger partial charge in [-0.25, -0.2) is 0 Å². The number of esters is 1. The van der Waals surface area contributed by atoms with Gasteiger partial charge < -0.3 is 4.74 Å². The van der Waals surface area contributed by atoms with Crippen molar-refractivity contribution >= 4 is 12.3 Å². The van der Waals surface area contributed by atoms with Gasteiger partial charge in [0.2, 0.25) is 0 Å². The summed E-state index contributed by atoms with van der Waals surface area (Å²) in [7, 11) is 0. The van der Waals surface area contributed by atoms with Crippen molar-refractivity contribution in [1.29, 1.82) is 0 Å². The molecule has 0 amide bonds. The molecule has 2 rings (SSSR count). The van der Waals surface area contributed by atoms with E-state index in [-0.39, 0.29) is 12.5 Å². The van der Waals surface area contributed by atoms with E-state index >= 15 is 0 Å². The number of aromatic nitrogens is 2. The molecule has 0 radical (unpaired) electrons. The number of carbonyl (C=O) groups excluding carboxylic acids is 2. The van der Waals surface area contributed by atoms with E-state index in [1.54, 1.807) is 24.5 Å². The molecule has 0 spiro atoms. The summed E-state index contributed by atoms with van der Waals surface area (Å²) in [5, 5.41) is 4.15. The van der Waals surface area contributed by atoms with Gasteiger partial charge in [-0.15, -0.1) is 0 Å². The molecule has 0 unspecified atom stereocenters. The fraction of sp³-hybridized carbons (Fsp3) is 0.312. The van der Waals surface area contributed by atoms with Crippen LogP contribution < -0.4 is 0 Å². The molecule has 0 aliphatic carbocycles. The van der Waals surface area contributed by atoms with Gasteiger partial charge in [-0.1, -0.05) is 24.3 Å². The van der Waals surface area contributed by atoms with E-state index in [0.29, 0.717) is 5.56 Å². The maximum atomic E-state index is 11.7. The average molecular weight is 286 g/mol. The van der Waals surface area contributed by atoms with Gasteiger partial charge in [0, 0.05) is 17.3 Å². The lowest BCUT2D eigenvalue weighted by molar-refractivity contribution is -0.155. The maximum Gasteiger partial charge on any atom is 0.328 e. The Morgan fingerprint density at radius 2 is 1.90 bits per heavy atom. The molecule has 0 saturated heterocycles. The van der Waals surface area contributed by atoms with Crippen molar-refractivity contribution in [2.24, 2.45) is 0 Å². The van der Waals surface area contributed by atoms with Crippen molar-refractivity contribution < 1.29 is 14.3 Å². The molecule has 0 saturated carbocycles. The zero-order chi connectivity index (χ0) is 15.5. The first-order valence-electron chi connectivity index (χ1n) is 6.67. The zero-order valence-electron chi connectivity index (χ0n) is 12.4. The molecule has 5 heteroatoms. The largest absolute Gasteiger partial charge is 0.459 e. The van der Waals surface area contributed by atoms with Gasteiger partial charge in [-0.2, -0.15) is 5.10 Å². The Morgan fingerprint density at radius 1 is 1.24 bits per heavy atom. The Hall–Kier alpha value is -2.43. The van der Waals surface area contributed by atoms with Crippen LogP contribution in [0.4, 0.5) is 0 Å². The predicted octanol–water partition coefficient (Wildman–Crippen LogP) is 2.70. The molecule has 110 valence electrons. The Bertz CT molecular complexity index is 636. The normalized spacial score (nSPS) is 11.2. The van der Waals surface area contributed by atoms with Gasteiger partial charge in [-0.05, 0) is 26.3 Å². The number of hydrogen-bond donors (Lipinski definition) is 0. The second-order valence-corrected chi connectivity index (χ2v) is 5.75. The SMILES string of the molecule is CC(C)(C)OC(=O)Cn1cc(-c2ccc(C=O)cc2)cn1. The van der Waals surface area contributed by atoms with Gasteiger partial charge in [0.05, 0.1) is 6.20 Å². The fourth-order valence-electron chi connectivity index (χ4n) is 1.86. The molecular weight excluding hydrogens is 268 g/mol. The van der Waals surface area contributed by atoms with Gasteiger partial charge in [0.15, 0.2) is 0 Å². The van der Waals surface area contributed by atoms with Crippen LogP contribution in [-0.2, 0) is 16.1 Å². The molecule has 2 aromatic rings. The summed E-state index contributed by atoms with van der Waals surface area (Å²) in [6.45, 7) is 5.56. The highest BCUT2D eigenvalue weighted by atomic mass is 16.6. The third kappa shape index (κ3) is 4.27. The van der Waals surface area contributed by atoms with Gasteiger partial charge in [-0.3, -0.25) is 14.3 Å². The van der Waals surface area contributed by atoms with Gasteiger partial charge in [0.25, 0.3) is 0 Å². The molecule has 1 aromatic carbocycles. The standard InChI is InChI=1S/C16H18N2O3/c1-16(2,3)21-15(20)10-18-9-14(8-17-18)13-6-4-12(11-19)5-7-13/h4-9,11H,10H2,1-3H3. The molecular formula is C16H18N2O3. The molecule has 5 nitrogen and oxygen atoms in total. The van der Waals surface area contributed by atoms with E-state index in [0.717, 1.165) is 17.4 Å². The van der Waals surface area contributed by atoms with Crippen LogP contribution in [-0.4, -0.2) is 27.6 Å². The highest BCUT2D eigenvalue weighted by Crippen LogP contribution is 2.18. The Labute approximate surface area is 123 Å². The summed E-state index contributed by atoms with van der Waals surface area (Å²) >= 11 is 0. The molecule has 0 aliphatic heterocycles. The van der Waals surface area contributed by atoms with Crippen molar-refractivity contribution in [1.82, 2.24) is 9.78 Å². The molecule has 1 aromatic heterocycles. The third-order valence-electron chi connectivity index (χ3n) is 2.72. The van der Waals surface area contributed by atoms with Crippen LogP contribution in [0.25, 0.3) is 11.1 Å². The first-order valence-corrected chi connectivity index (χ1v) is 6.67. The van der Waals surface area contributed by atoms with E-state index < -0.39 is 5.60 Å². The van der Waals surface area contributed by atoms with E-state index in [1.165, 1.54) is 4.68 Å². The quantitative estimate of drug-likeness (QED) is 0.640. The first kappa shape index (κ1) is 15.0. The lowest BCUT2D eigenvalue weighted by Gasteiger charge is -2.19. The molecule has 0 bridgehead atoms. The molecule has 0 atom stereocenters. The molecule has 21 heavy (non-hydrogen) atoms. The van der Waals surface area contributed by atoms with Gasteiger partial charge in [0.1, 0.15) is 18.4 Å². The monoisotopic (exact) mass is 286 g/mol. The molecule has 0 N–H and O–H groups in total. The maximum absolute atomic E-state index is 11.7. The zero-order valence-corrected chi connectivity index (χ0v) is 12.4. The minimum Gasteiger partial charge on any atom is -0.459 e. The summed E-state index contributed by atoms with van der Waals surface area (Å²) in [6, 6.07) is 7.18. The van der Waals surface area contributed by atoms with Crippen LogP contribution in [0.5, 0.6) is 0 Å². The number of ether oxygens (including phenoxy) is 1. The topological polar surface area (TPSA) is 61.2 Å². The van der Waals surface area contributed by atoms with E-state index in [9.17, 15) is 9.59 Å². The van der Waals surface area contributed by atoms with E-state index in [4.69, 9.17) is 4.74 Å². The van der Waals surface area contributed by atoms with Crippen molar-refractivity contribution in [3.8, 4) is 11.1 Å². The fourth-order valence-corrected chi connectivity index (χ4v) is 1.86. The van der Waals surface area contributed by atoms with Crippen LogP contribution in [0, 0.1) is 0 Å². The highest BCUT2D eigenvalue weighted by molar-refractivity contribution is 5.76. The predicted molar refractivity (Wildman–Crippen MR) is 78.9 cm³/mol. The average Bonchev–Trinajstić information content (AvgIpc) is 2.85. The third-order valence-corrected chi connectivity index (χ3v) is 2.72. The molecule has 1 heterocycles. The van der Waals surface area contributed by atoms with E-state index in [2.05, 4.69) is 5.10 Å². The summed E-state index contributed by atoms with van der Waals surface area (Å²) in [5.74, 6) is -0.326. The number of rotatable bonds is 4. The minimum absolute atomic E-state index is 0.0731. The summed E-state index contributed by atoms with van der Waals surface area (Å²) < 4.78 is 6.79. The number of benzene rings is 1. The second-order valence-electron chi connectivity index (χ2n) is 5.75. The number of aldehydes is 1.